The summed E-state index contributed by atoms with van der Waals surface area (Å²) in [6, 6.07) is 12.1. The minimum Gasteiger partial charge on any atom is -0.508 e. The first-order valence-corrected chi connectivity index (χ1v) is 12.8. The Bertz CT molecular complexity index is 1370. The second-order valence-corrected chi connectivity index (χ2v) is 9.36. The molecule has 206 valence electrons. The van der Waals surface area contributed by atoms with E-state index >= 15 is 0 Å². The number of rotatable bonds is 10. The molecule has 0 unspecified atom stereocenters. The van der Waals surface area contributed by atoms with Crippen LogP contribution >= 0.6 is 0 Å². The van der Waals surface area contributed by atoms with Crippen LogP contribution in [0.1, 0.15) is 16.7 Å². The van der Waals surface area contributed by atoms with Crippen molar-refractivity contribution < 1.29 is 23.0 Å². The van der Waals surface area contributed by atoms with Gasteiger partial charge in [-0.25, -0.2) is 4.98 Å². The molecule has 2 aromatic carbocycles. The number of anilines is 2. The lowest BCUT2D eigenvalue weighted by atomic mass is 10.1. The Kier molecular flexibility index (Phi) is 8.13. The largest absolute Gasteiger partial charge is 0.508 e. The first-order valence-electron chi connectivity index (χ1n) is 12.8. The molecule has 3 heterocycles. The SMILES string of the molecule is Oc1ccc(CCNc2nc(NCCN3CCOCC3)nc3c2ncn3Cc2ccc(C(F)(F)F)cc2)cc1. The number of ether oxygens (including phenoxy) is 1. The van der Waals surface area contributed by atoms with Crippen LogP contribution < -0.4 is 10.6 Å². The number of halogens is 3. The van der Waals surface area contributed by atoms with Gasteiger partial charge in [-0.1, -0.05) is 24.3 Å². The molecule has 0 radical (unpaired) electrons. The predicted octanol–water partition coefficient (Wildman–Crippen LogP) is 4.00. The fourth-order valence-electron chi connectivity index (χ4n) is 4.40. The van der Waals surface area contributed by atoms with Crippen molar-refractivity contribution in [3.63, 3.8) is 0 Å². The standard InChI is InChI=1S/C27H30F3N7O2/c28-27(29,30)21-5-1-20(2-6-21)17-37-18-33-23-24(31-10-9-19-3-7-22(38)8-4-19)34-26(35-25(23)37)32-11-12-36-13-15-39-16-14-36/h1-8,18,38H,9-17H2,(H2,31,32,34,35). The zero-order valence-electron chi connectivity index (χ0n) is 21.3. The van der Waals surface area contributed by atoms with E-state index < -0.39 is 11.7 Å². The van der Waals surface area contributed by atoms with Crippen molar-refractivity contribution in [3.8, 4) is 5.75 Å². The third kappa shape index (κ3) is 6.95. The summed E-state index contributed by atoms with van der Waals surface area (Å²) in [4.78, 5) is 16.2. The van der Waals surface area contributed by atoms with Gasteiger partial charge in [-0.15, -0.1) is 0 Å². The van der Waals surface area contributed by atoms with Gasteiger partial charge in [-0.2, -0.15) is 23.1 Å². The van der Waals surface area contributed by atoms with E-state index in [2.05, 4.69) is 25.5 Å². The van der Waals surface area contributed by atoms with E-state index in [1.54, 1.807) is 23.0 Å². The highest BCUT2D eigenvalue weighted by Crippen LogP contribution is 2.29. The molecule has 0 amide bonds. The summed E-state index contributed by atoms with van der Waals surface area (Å²) >= 11 is 0. The van der Waals surface area contributed by atoms with Crippen molar-refractivity contribution in [1.29, 1.82) is 0 Å². The van der Waals surface area contributed by atoms with Crippen LogP contribution in [0.5, 0.6) is 5.75 Å². The first-order chi connectivity index (χ1) is 18.8. The van der Waals surface area contributed by atoms with Crippen molar-refractivity contribution in [1.82, 2.24) is 24.4 Å². The Morgan fingerprint density at radius 2 is 1.62 bits per heavy atom. The molecule has 1 aliphatic rings. The molecule has 1 fully saturated rings. The molecule has 0 spiro atoms. The van der Waals surface area contributed by atoms with Crippen molar-refractivity contribution in [2.24, 2.45) is 0 Å². The number of nitrogens with one attached hydrogen (secondary N) is 2. The molecule has 5 rings (SSSR count). The Balaban J connectivity index is 1.34. The number of alkyl halides is 3. The van der Waals surface area contributed by atoms with Gasteiger partial charge in [-0.05, 0) is 41.8 Å². The van der Waals surface area contributed by atoms with Crippen LogP contribution in [0.3, 0.4) is 0 Å². The van der Waals surface area contributed by atoms with Crippen LogP contribution in [0.25, 0.3) is 11.2 Å². The number of nitrogens with zero attached hydrogens (tertiary/aromatic N) is 5. The average Bonchev–Trinajstić information content (AvgIpc) is 3.33. The summed E-state index contributed by atoms with van der Waals surface area (Å²) in [6.07, 6.45) is -2.05. The lowest BCUT2D eigenvalue weighted by molar-refractivity contribution is -0.137. The zero-order chi connectivity index (χ0) is 27.2. The number of fused-ring (bicyclic) bond motifs is 1. The van der Waals surface area contributed by atoms with Crippen LogP contribution in [0.2, 0.25) is 0 Å². The Morgan fingerprint density at radius 3 is 2.33 bits per heavy atom. The third-order valence-corrected chi connectivity index (χ3v) is 6.56. The molecule has 0 saturated carbocycles. The minimum atomic E-state index is -4.38. The second kappa shape index (κ2) is 11.9. The molecule has 3 N–H and O–H groups in total. The smallest absolute Gasteiger partial charge is 0.416 e. The van der Waals surface area contributed by atoms with Gasteiger partial charge in [0, 0.05) is 32.7 Å². The molecular weight excluding hydrogens is 511 g/mol. The quantitative estimate of drug-likeness (QED) is 0.277. The molecule has 1 saturated heterocycles. The van der Waals surface area contributed by atoms with Crippen LogP contribution in [0.4, 0.5) is 24.9 Å². The molecule has 0 bridgehead atoms. The third-order valence-electron chi connectivity index (χ3n) is 6.56. The Labute approximate surface area is 223 Å². The van der Waals surface area contributed by atoms with Gasteiger partial charge in [0.1, 0.15) is 5.75 Å². The van der Waals surface area contributed by atoms with Gasteiger partial charge in [0.15, 0.2) is 17.0 Å². The Morgan fingerprint density at radius 1 is 0.897 bits per heavy atom. The summed E-state index contributed by atoms with van der Waals surface area (Å²) in [6.45, 7) is 5.56. The van der Waals surface area contributed by atoms with Gasteiger partial charge in [-0.3, -0.25) is 4.90 Å². The van der Waals surface area contributed by atoms with Crippen molar-refractivity contribution in [3.05, 3.63) is 71.5 Å². The number of hydrogen-bond acceptors (Lipinski definition) is 8. The maximum absolute atomic E-state index is 13.0. The molecule has 0 atom stereocenters. The number of hydrogen-bond donors (Lipinski definition) is 3. The number of aromatic hydroxyl groups is 1. The van der Waals surface area contributed by atoms with E-state index in [1.165, 1.54) is 12.1 Å². The van der Waals surface area contributed by atoms with E-state index in [9.17, 15) is 18.3 Å². The minimum absolute atomic E-state index is 0.218. The topological polar surface area (TPSA) is 100 Å². The fourth-order valence-corrected chi connectivity index (χ4v) is 4.40. The van der Waals surface area contributed by atoms with Crippen LogP contribution in [0, 0.1) is 0 Å². The maximum atomic E-state index is 13.0. The van der Waals surface area contributed by atoms with Gasteiger partial charge in [0.2, 0.25) is 5.95 Å². The van der Waals surface area contributed by atoms with Gasteiger partial charge >= 0.3 is 6.18 Å². The normalized spacial score (nSPS) is 14.5. The maximum Gasteiger partial charge on any atom is 0.416 e. The van der Waals surface area contributed by atoms with Crippen LogP contribution in [0.15, 0.2) is 54.9 Å². The zero-order valence-corrected chi connectivity index (χ0v) is 21.3. The Hall–Kier alpha value is -3.90. The van der Waals surface area contributed by atoms with Crippen molar-refractivity contribution >= 4 is 22.9 Å². The summed E-state index contributed by atoms with van der Waals surface area (Å²) in [5, 5.41) is 16.2. The molecule has 39 heavy (non-hydrogen) atoms. The predicted molar refractivity (Wildman–Crippen MR) is 142 cm³/mol. The van der Waals surface area contributed by atoms with Gasteiger partial charge in [0.05, 0.1) is 31.6 Å². The number of morpholine rings is 1. The van der Waals surface area contributed by atoms with Gasteiger partial charge in [0.25, 0.3) is 0 Å². The average molecular weight is 542 g/mol. The molecule has 0 aliphatic carbocycles. The molecule has 2 aromatic heterocycles. The highest BCUT2D eigenvalue weighted by Gasteiger charge is 2.30. The van der Waals surface area contributed by atoms with Crippen molar-refractivity contribution in [2.75, 3.05) is 56.6 Å². The van der Waals surface area contributed by atoms with Crippen LogP contribution in [-0.4, -0.2) is 75.5 Å². The molecule has 9 nitrogen and oxygen atoms in total. The van der Waals surface area contributed by atoms with E-state index in [4.69, 9.17) is 9.72 Å². The molecule has 1 aliphatic heterocycles. The van der Waals surface area contributed by atoms with E-state index in [-0.39, 0.29) is 5.75 Å². The van der Waals surface area contributed by atoms with E-state index in [1.807, 2.05) is 12.1 Å². The molecular formula is C27H30F3N7O2. The summed E-state index contributed by atoms with van der Waals surface area (Å²) in [7, 11) is 0. The number of phenolic OH excluding ortho intramolecular Hbond substituents is 1. The lowest BCUT2D eigenvalue weighted by Crippen LogP contribution is -2.39. The fraction of sp³-hybridized carbons (Fsp3) is 0.370. The summed E-state index contributed by atoms with van der Waals surface area (Å²) in [5.74, 6) is 1.23. The van der Waals surface area contributed by atoms with E-state index in [0.717, 1.165) is 50.5 Å². The molecule has 4 aromatic rings. The van der Waals surface area contributed by atoms with E-state index in [0.29, 0.717) is 54.5 Å². The summed E-state index contributed by atoms with van der Waals surface area (Å²) < 4.78 is 46.1. The number of aromatic nitrogens is 4. The highest BCUT2D eigenvalue weighted by molar-refractivity contribution is 5.84. The molecule has 12 heteroatoms. The monoisotopic (exact) mass is 541 g/mol. The number of benzene rings is 2. The summed E-state index contributed by atoms with van der Waals surface area (Å²) in [5.41, 5.74) is 2.22. The first kappa shape index (κ1) is 26.7. The van der Waals surface area contributed by atoms with Gasteiger partial charge < -0.3 is 25.0 Å². The number of imidazole rings is 1. The lowest BCUT2D eigenvalue weighted by Gasteiger charge is -2.26. The van der Waals surface area contributed by atoms with Crippen LogP contribution in [-0.2, 0) is 23.9 Å². The number of phenols is 1. The highest BCUT2D eigenvalue weighted by atomic mass is 19.4. The second-order valence-electron chi connectivity index (χ2n) is 9.36. The van der Waals surface area contributed by atoms with Crippen molar-refractivity contribution in [2.45, 2.75) is 19.1 Å².